The SMILES string of the molecule is CC#CC(C)(C)OC(=O)COc1ccc([S+](c2ccccc2)c2ccc(OCC(=O)OC(C)(C)C#CC)cc2)cc1. The minimum absolute atomic E-state index is 0.211. The van der Waals surface area contributed by atoms with E-state index in [2.05, 4.69) is 35.8 Å². The van der Waals surface area contributed by atoms with Crippen molar-refractivity contribution < 1.29 is 28.5 Å². The first kappa shape index (κ1) is 31.2. The topological polar surface area (TPSA) is 71.1 Å². The van der Waals surface area contributed by atoms with Gasteiger partial charge in [-0.25, -0.2) is 9.59 Å². The zero-order valence-corrected chi connectivity index (χ0v) is 25.1. The van der Waals surface area contributed by atoms with Crippen molar-refractivity contribution in [2.45, 2.75) is 67.4 Å². The maximum absolute atomic E-state index is 12.2. The van der Waals surface area contributed by atoms with Crippen LogP contribution in [-0.4, -0.2) is 36.4 Å². The van der Waals surface area contributed by atoms with Crippen molar-refractivity contribution in [1.29, 1.82) is 0 Å². The van der Waals surface area contributed by atoms with Crippen molar-refractivity contribution in [3.8, 4) is 35.2 Å². The summed E-state index contributed by atoms with van der Waals surface area (Å²) in [6.45, 7) is 9.91. The van der Waals surface area contributed by atoms with Gasteiger partial charge in [0.15, 0.2) is 39.1 Å². The summed E-state index contributed by atoms with van der Waals surface area (Å²) in [7, 11) is -0.413. The number of hydrogen-bond donors (Lipinski definition) is 0. The monoisotopic (exact) mass is 571 g/mol. The van der Waals surface area contributed by atoms with Gasteiger partial charge < -0.3 is 18.9 Å². The van der Waals surface area contributed by atoms with Gasteiger partial charge in [0.05, 0.1) is 10.9 Å². The van der Waals surface area contributed by atoms with Crippen LogP contribution in [-0.2, 0) is 30.0 Å². The average Bonchev–Trinajstić information content (AvgIpc) is 2.92. The molecule has 3 aromatic rings. The molecule has 0 aliphatic heterocycles. The van der Waals surface area contributed by atoms with Gasteiger partial charge in [0, 0.05) is 0 Å². The number of carbonyl (C=O) groups is 2. The van der Waals surface area contributed by atoms with E-state index in [1.165, 1.54) is 0 Å². The van der Waals surface area contributed by atoms with E-state index in [9.17, 15) is 9.59 Å². The van der Waals surface area contributed by atoms with Crippen LogP contribution in [0.1, 0.15) is 41.5 Å². The first-order chi connectivity index (χ1) is 19.5. The van der Waals surface area contributed by atoms with Crippen molar-refractivity contribution in [2.24, 2.45) is 0 Å². The van der Waals surface area contributed by atoms with E-state index in [4.69, 9.17) is 18.9 Å². The molecular formula is C34H35O6S+. The number of hydrogen-bond acceptors (Lipinski definition) is 6. The van der Waals surface area contributed by atoms with Gasteiger partial charge in [-0.05, 0) is 102 Å². The van der Waals surface area contributed by atoms with Gasteiger partial charge in [-0.3, -0.25) is 0 Å². The molecule has 6 nitrogen and oxygen atoms in total. The van der Waals surface area contributed by atoms with Gasteiger partial charge in [0.25, 0.3) is 0 Å². The fourth-order valence-electron chi connectivity index (χ4n) is 3.87. The molecule has 0 radical (unpaired) electrons. The number of carbonyl (C=O) groups excluding carboxylic acids is 2. The Morgan fingerprint density at radius 1 is 0.610 bits per heavy atom. The zero-order chi connectivity index (χ0) is 29.9. The van der Waals surface area contributed by atoms with Gasteiger partial charge in [-0.2, -0.15) is 0 Å². The van der Waals surface area contributed by atoms with Crippen LogP contribution in [0.3, 0.4) is 0 Å². The van der Waals surface area contributed by atoms with Crippen LogP contribution in [0.15, 0.2) is 93.5 Å². The maximum Gasteiger partial charge on any atom is 0.345 e. The molecule has 212 valence electrons. The number of benzene rings is 3. The van der Waals surface area contributed by atoms with E-state index in [1.807, 2.05) is 66.7 Å². The molecule has 3 aromatic carbocycles. The minimum atomic E-state index is -0.867. The van der Waals surface area contributed by atoms with Crippen molar-refractivity contribution in [3.63, 3.8) is 0 Å². The summed E-state index contributed by atoms with van der Waals surface area (Å²) >= 11 is 0. The second-order valence-electron chi connectivity index (χ2n) is 9.86. The molecule has 0 aliphatic carbocycles. The molecule has 0 aromatic heterocycles. The molecule has 0 bridgehead atoms. The van der Waals surface area contributed by atoms with Crippen LogP contribution in [0, 0.1) is 23.7 Å². The molecule has 0 heterocycles. The Labute approximate surface area is 245 Å². The summed E-state index contributed by atoms with van der Waals surface area (Å²) in [5.74, 6) is 11.4. The second kappa shape index (κ2) is 14.3. The normalized spacial score (nSPS) is 10.9. The largest absolute Gasteiger partial charge is 0.482 e. The van der Waals surface area contributed by atoms with Crippen molar-refractivity contribution in [2.75, 3.05) is 13.2 Å². The summed E-state index contributed by atoms with van der Waals surface area (Å²) in [6, 6.07) is 25.5. The van der Waals surface area contributed by atoms with Crippen molar-refractivity contribution in [3.05, 3.63) is 78.9 Å². The predicted octanol–water partition coefficient (Wildman–Crippen LogP) is 6.23. The first-order valence-corrected chi connectivity index (χ1v) is 14.3. The van der Waals surface area contributed by atoms with Gasteiger partial charge in [0.1, 0.15) is 11.5 Å². The lowest BCUT2D eigenvalue weighted by Gasteiger charge is -2.18. The molecular weight excluding hydrogens is 536 g/mol. The summed E-state index contributed by atoms with van der Waals surface area (Å²) in [4.78, 5) is 27.7. The molecule has 0 amide bonds. The number of ether oxygens (including phenoxy) is 4. The van der Waals surface area contributed by atoms with Crippen LogP contribution in [0.4, 0.5) is 0 Å². The lowest BCUT2D eigenvalue weighted by molar-refractivity contribution is -0.155. The van der Waals surface area contributed by atoms with Gasteiger partial charge in [0.2, 0.25) is 0 Å². The standard InChI is InChI=1S/C34H35O6S/c1-7-22-33(3,4)39-31(35)24-37-26-14-18-29(19-15-26)41(28-12-10-9-11-13-28)30-20-16-27(17-21-30)38-25-32(36)40-34(5,6)23-8-2/h9-21H,24-25H2,1-6H3/q+1. The summed E-state index contributed by atoms with van der Waals surface area (Å²) in [5.41, 5.74) is -1.73. The predicted molar refractivity (Wildman–Crippen MR) is 160 cm³/mol. The lowest BCUT2D eigenvalue weighted by atomic mass is 10.1. The molecule has 3 rings (SSSR count). The van der Waals surface area contributed by atoms with Crippen LogP contribution < -0.4 is 9.47 Å². The molecule has 0 saturated heterocycles. The lowest BCUT2D eigenvalue weighted by Crippen LogP contribution is -2.29. The van der Waals surface area contributed by atoms with E-state index in [0.717, 1.165) is 14.7 Å². The summed E-state index contributed by atoms with van der Waals surface area (Å²) in [6.07, 6.45) is 0. The molecule has 41 heavy (non-hydrogen) atoms. The Hall–Kier alpha value is -4.33. The Balaban J connectivity index is 1.70. The fourth-order valence-corrected chi connectivity index (χ4v) is 5.94. The molecule has 0 unspecified atom stereocenters. The first-order valence-electron chi connectivity index (χ1n) is 13.1. The maximum atomic E-state index is 12.2. The minimum Gasteiger partial charge on any atom is -0.482 e. The highest BCUT2D eigenvalue weighted by molar-refractivity contribution is 7.97. The van der Waals surface area contributed by atoms with Crippen LogP contribution in [0.25, 0.3) is 0 Å². The average molecular weight is 572 g/mol. The van der Waals surface area contributed by atoms with E-state index in [0.29, 0.717) is 11.5 Å². The smallest absolute Gasteiger partial charge is 0.345 e. The van der Waals surface area contributed by atoms with Gasteiger partial charge in [-0.1, -0.05) is 30.0 Å². The van der Waals surface area contributed by atoms with Crippen LogP contribution >= 0.6 is 0 Å². The van der Waals surface area contributed by atoms with Crippen LogP contribution in [0.5, 0.6) is 11.5 Å². The highest BCUT2D eigenvalue weighted by atomic mass is 32.2. The highest BCUT2D eigenvalue weighted by Gasteiger charge is 2.29. The number of esters is 2. The molecule has 0 spiro atoms. The zero-order valence-electron chi connectivity index (χ0n) is 24.3. The van der Waals surface area contributed by atoms with Gasteiger partial charge >= 0.3 is 11.9 Å². The van der Waals surface area contributed by atoms with Gasteiger partial charge in [-0.15, -0.1) is 11.8 Å². The number of rotatable bonds is 11. The van der Waals surface area contributed by atoms with E-state index < -0.39 is 34.0 Å². The molecule has 7 heteroatoms. The van der Waals surface area contributed by atoms with Crippen LogP contribution in [0.2, 0.25) is 0 Å². The van der Waals surface area contributed by atoms with E-state index in [1.54, 1.807) is 41.5 Å². The van der Waals surface area contributed by atoms with E-state index in [-0.39, 0.29) is 13.2 Å². The van der Waals surface area contributed by atoms with E-state index >= 15 is 0 Å². The Kier molecular flexibility index (Phi) is 10.9. The third-order valence-corrected chi connectivity index (χ3v) is 7.63. The molecule has 0 aliphatic rings. The summed E-state index contributed by atoms with van der Waals surface area (Å²) in [5, 5.41) is 0. The fraction of sp³-hybridized carbons (Fsp3) is 0.294. The molecule has 0 N–H and O–H groups in total. The molecule has 0 saturated carbocycles. The molecule has 0 atom stereocenters. The van der Waals surface area contributed by atoms with Crippen molar-refractivity contribution >= 4 is 22.8 Å². The second-order valence-corrected chi connectivity index (χ2v) is 11.9. The Bertz CT molecular complexity index is 1340. The Morgan fingerprint density at radius 2 is 0.976 bits per heavy atom. The highest BCUT2D eigenvalue weighted by Crippen LogP contribution is 2.33. The third-order valence-electron chi connectivity index (χ3n) is 5.40. The van der Waals surface area contributed by atoms with Crippen molar-refractivity contribution in [1.82, 2.24) is 0 Å². The summed E-state index contributed by atoms with van der Waals surface area (Å²) < 4.78 is 22.1. The third kappa shape index (κ3) is 9.98. The molecule has 0 fully saturated rings. The Morgan fingerprint density at radius 3 is 1.34 bits per heavy atom. The quantitative estimate of drug-likeness (QED) is 0.154.